The van der Waals surface area contributed by atoms with Gasteiger partial charge >= 0.3 is 0 Å². The summed E-state index contributed by atoms with van der Waals surface area (Å²) in [4.78, 5) is 42.2. The molecule has 0 spiro atoms. The average molecular weight is 398 g/mol. The predicted molar refractivity (Wildman–Crippen MR) is 113 cm³/mol. The number of amides is 2. The molecule has 4 rings (SSSR count). The second-order valence-electron chi connectivity index (χ2n) is 6.57. The Morgan fingerprint density at radius 2 is 1.57 bits per heavy atom. The topological polar surface area (TPSA) is 92.6 Å². The number of pyridine rings is 1. The molecule has 0 fully saturated rings. The van der Waals surface area contributed by atoms with Gasteiger partial charge in [-0.05, 0) is 29.8 Å². The van der Waals surface area contributed by atoms with Crippen LogP contribution >= 0.6 is 0 Å². The van der Waals surface area contributed by atoms with Gasteiger partial charge in [0.05, 0.1) is 11.3 Å². The van der Waals surface area contributed by atoms with Gasteiger partial charge in [0.25, 0.3) is 17.4 Å². The highest BCUT2D eigenvalue weighted by Gasteiger charge is 2.17. The van der Waals surface area contributed by atoms with Crippen molar-refractivity contribution in [1.82, 2.24) is 14.7 Å². The number of carbonyl (C=O) groups is 2. The third kappa shape index (κ3) is 3.95. The van der Waals surface area contributed by atoms with Crippen LogP contribution in [-0.2, 0) is 6.54 Å². The molecule has 0 bridgehead atoms. The van der Waals surface area contributed by atoms with Crippen LogP contribution in [0.25, 0.3) is 5.65 Å². The minimum absolute atomic E-state index is 0.113. The van der Waals surface area contributed by atoms with E-state index in [1.54, 1.807) is 48.7 Å². The van der Waals surface area contributed by atoms with Gasteiger partial charge in [-0.15, -0.1) is 0 Å². The van der Waals surface area contributed by atoms with Crippen LogP contribution in [0.5, 0.6) is 0 Å². The lowest BCUT2D eigenvalue weighted by atomic mass is 10.1. The number of hydrogen-bond acceptors (Lipinski definition) is 4. The molecule has 148 valence electrons. The fourth-order valence-electron chi connectivity index (χ4n) is 3.04. The van der Waals surface area contributed by atoms with Gasteiger partial charge in [0, 0.05) is 18.9 Å². The highest BCUT2D eigenvalue weighted by Crippen LogP contribution is 2.16. The van der Waals surface area contributed by atoms with E-state index in [0.717, 1.165) is 5.56 Å². The lowest BCUT2D eigenvalue weighted by Gasteiger charge is -2.11. The maximum absolute atomic E-state index is 12.7. The molecule has 30 heavy (non-hydrogen) atoms. The quantitative estimate of drug-likeness (QED) is 0.541. The number of aromatic nitrogens is 2. The molecule has 0 atom stereocenters. The summed E-state index contributed by atoms with van der Waals surface area (Å²) in [5.41, 5.74) is 1.42. The molecule has 2 N–H and O–H groups in total. The molecule has 0 aliphatic rings. The Hall–Kier alpha value is -4.26. The summed E-state index contributed by atoms with van der Waals surface area (Å²) in [5.74, 6) is -0.961. The molecule has 0 saturated carbocycles. The van der Waals surface area contributed by atoms with Crippen LogP contribution < -0.4 is 16.2 Å². The minimum Gasteiger partial charge on any atom is -0.348 e. The Labute approximate surface area is 172 Å². The normalized spacial score (nSPS) is 10.5. The maximum atomic E-state index is 12.7. The number of nitrogens with zero attached hydrogens (tertiary/aromatic N) is 2. The molecule has 0 saturated heterocycles. The highest BCUT2D eigenvalue weighted by atomic mass is 16.2. The van der Waals surface area contributed by atoms with E-state index in [4.69, 9.17) is 0 Å². The molecule has 0 aliphatic heterocycles. The van der Waals surface area contributed by atoms with Crippen molar-refractivity contribution < 1.29 is 9.59 Å². The van der Waals surface area contributed by atoms with Gasteiger partial charge < -0.3 is 10.6 Å². The van der Waals surface area contributed by atoms with Gasteiger partial charge in [-0.25, -0.2) is 4.98 Å². The zero-order chi connectivity index (χ0) is 20.9. The van der Waals surface area contributed by atoms with Crippen LogP contribution in [0.3, 0.4) is 0 Å². The molecule has 2 aromatic carbocycles. The second-order valence-corrected chi connectivity index (χ2v) is 6.57. The van der Waals surface area contributed by atoms with E-state index in [-0.39, 0.29) is 11.5 Å². The number of hydrogen-bond donors (Lipinski definition) is 2. The summed E-state index contributed by atoms with van der Waals surface area (Å²) in [5, 5.41) is 5.49. The SMILES string of the molecule is O=C(NCc1ccccc1)c1ccccc1NC(=O)c1cnc2ccccn2c1=O. The van der Waals surface area contributed by atoms with Gasteiger partial charge in [-0.3, -0.25) is 18.8 Å². The van der Waals surface area contributed by atoms with Crippen molar-refractivity contribution in [1.29, 1.82) is 0 Å². The molecule has 4 aromatic rings. The molecule has 0 unspecified atom stereocenters. The summed E-state index contributed by atoms with van der Waals surface area (Å²) in [6, 6.07) is 21.3. The van der Waals surface area contributed by atoms with Gasteiger partial charge in [-0.1, -0.05) is 48.5 Å². The largest absolute Gasteiger partial charge is 0.348 e. The summed E-state index contributed by atoms with van der Waals surface area (Å²) in [7, 11) is 0. The van der Waals surface area contributed by atoms with Crippen molar-refractivity contribution in [2.75, 3.05) is 5.32 Å². The summed E-state index contributed by atoms with van der Waals surface area (Å²) in [6.07, 6.45) is 2.79. The van der Waals surface area contributed by atoms with Crippen LogP contribution in [0.1, 0.15) is 26.3 Å². The maximum Gasteiger partial charge on any atom is 0.270 e. The van der Waals surface area contributed by atoms with E-state index < -0.39 is 11.5 Å². The van der Waals surface area contributed by atoms with Crippen molar-refractivity contribution >= 4 is 23.1 Å². The number of rotatable bonds is 5. The standard InChI is InChI=1S/C23H18N4O3/c28-21(25-14-16-8-2-1-3-9-16)17-10-4-5-11-19(17)26-22(29)18-15-24-20-12-6-7-13-27(20)23(18)30/h1-13,15H,14H2,(H,25,28)(H,26,29). The number of fused-ring (bicyclic) bond motifs is 1. The zero-order valence-electron chi connectivity index (χ0n) is 15.9. The molecule has 2 aromatic heterocycles. The highest BCUT2D eigenvalue weighted by molar-refractivity contribution is 6.08. The molecule has 7 heteroatoms. The van der Waals surface area contributed by atoms with E-state index in [2.05, 4.69) is 15.6 Å². The number of anilines is 1. The van der Waals surface area contributed by atoms with Gasteiger partial charge in [0.1, 0.15) is 11.2 Å². The Morgan fingerprint density at radius 1 is 0.833 bits per heavy atom. The van der Waals surface area contributed by atoms with E-state index in [0.29, 0.717) is 23.4 Å². The first-order chi connectivity index (χ1) is 14.6. The van der Waals surface area contributed by atoms with Crippen molar-refractivity contribution in [2.24, 2.45) is 0 Å². The first kappa shape index (κ1) is 19.1. The van der Waals surface area contributed by atoms with E-state index in [1.165, 1.54) is 10.6 Å². The molecule has 0 radical (unpaired) electrons. The second kappa shape index (κ2) is 8.40. The van der Waals surface area contributed by atoms with E-state index in [9.17, 15) is 14.4 Å². The molecule has 7 nitrogen and oxygen atoms in total. The average Bonchev–Trinajstić information content (AvgIpc) is 2.79. The Balaban J connectivity index is 1.55. The third-order valence-electron chi connectivity index (χ3n) is 4.57. The number of para-hydroxylation sites is 1. The van der Waals surface area contributed by atoms with Crippen molar-refractivity contribution in [3.8, 4) is 0 Å². The number of benzene rings is 2. The Morgan fingerprint density at radius 3 is 2.40 bits per heavy atom. The fourth-order valence-corrected chi connectivity index (χ4v) is 3.04. The van der Waals surface area contributed by atoms with Crippen LogP contribution in [0, 0.1) is 0 Å². The third-order valence-corrected chi connectivity index (χ3v) is 4.57. The minimum atomic E-state index is -0.630. The van der Waals surface area contributed by atoms with Gasteiger partial charge in [-0.2, -0.15) is 0 Å². The predicted octanol–water partition coefficient (Wildman–Crippen LogP) is 2.88. The van der Waals surface area contributed by atoms with Gasteiger partial charge in [0.15, 0.2) is 0 Å². The van der Waals surface area contributed by atoms with Crippen LogP contribution in [0.4, 0.5) is 5.69 Å². The first-order valence-corrected chi connectivity index (χ1v) is 9.32. The van der Waals surface area contributed by atoms with E-state index in [1.807, 2.05) is 30.3 Å². The number of nitrogens with one attached hydrogen (secondary N) is 2. The molecule has 2 amide bonds. The van der Waals surface area contributed by atoms with Crippen LogP contribution in [0.2, 0.25) is 0 Å². The molecule has 0 aliphatic carbocycles. The zero-order valence-corrected chi connectivity index (χ0v) is 15.9. The van der Waals surface area contributed by atoms with Crippen LogP contribution in [0.15, 0.2) is 90.0 Å². The lowest BCUT2D eigenvalue weighted by Crippen LogP contribution is -2.28. The summed E-state index contributed by atoms with van der Waals surface area (Å²) in [6.45, 7) is 0.359. The van der Waals surface area contributed by atoms with E-state index >= 15 is 0 Å². The lowest BCUT2D eigenvalue weighted by molar-refractivity contribution is 0.0952. The summed E-state index contributed by atoms with van der Waals surface area (Å²) >= 11 is 0. The number of carbonyl (C=O) groups excluding carboxylic acids is 2. The fraction of sp³-hybridized carbons (Fsp3) is 0.0435. The molecule has 2 heterocycles. The van der Waals surface area contributed by atoms with Crippen molar-refractivity contribution in [2.45, 2.75) is 6.54 Å². The van der Waals surface area contributed by atoms with Crippen LogP contribution in [-0.4, -0.2) is 21.2 Å². The monoisotopic (exact) mass is 398 g/mol. The Kier molecular flexibility index (Phi) is 5.34. The van der Waals surface area contributed by atoms with Crippen molar-refractivity contribution in [3.05, 3.63) is 112 Å². The summed E-state index contributed by atoms with van der Waals surface area (Å²) < 4.78 is 1.30. The molecular weight excluding hydrogens is 380 g/mol. The molecular formula is C23H18N4O3. The smallest absolute Gasteiger partial charge is 0.270 e. The van der Waals surface area contributed by atoms with Crippen molar-refractivity contribution in [3.63, 3.8) is 0 Å². The van der Waals surface area contributed by atoms with Gasteiger partial charge in [0.2, 0.25) is 0 Å². The first-order valence-electron chi connectivity index (χ1n) is 9.32. The Bertz CT molecular complexity index is 1280.